The fraction of sp³-hybridized carbons (Fsp3) is 0.267. The summed E-state index contributed by atoms with van der Waals surface area (Å²) in [6.45, 7) is 0.602. The van der Waals surface area contributed by atoms with E-state index < -0.39 is 12.1 Å². The van der Waals surface area contributed by atoms with Crippen molar-refractivity contribution in [1.29, 1.82) is 0 Å². The Balaban J connectivity index is 2.16. The van der Waals surface area contributed by atoms with E-state index in [-0.39, 0.29) is 0 Å². The van der Waals surface area contributed by atoms with Gasteiger partial charge in [-0.15, -0.1) is 0 Å². The van der Waals surface area contributed by atoms with Crippen molar-refractivity contribution in [1.82, 2.24) is 5.32 Å². The molecule has 0 saturated heterocycles. The van der Waals surface area contributed by atoms with E-state index in [0.717, 1.165) is 10.8 Å². The molecule has 0 spiro atoms. The maximum absolute atomic E-state index is 11.1. The highest BCUT2D eigenvalue weighted by molar-refractivity contribution is 5.83. The van der Waals surface area contributed by atoms with Gasteiger partial charge in [0.05, 0.1) is 0 Å². The average molecular weight is 259 g/mol. The van der Waals surface area contributed by atoms with Crippen LogP contribution in [0.2, 0.25) is 0 Å². The van der Waals surface area contributed by atoms with E-state index in [1.807, 2.05) is 36.4 Å². The second-order valence-electron chi connectivity index (χ2n) is 4.35. The van der Waals surface area contributed by atoms with Crippen LogP contribution in [-0.2, 0) is 4.79 Å². The molecule has 100 valence electrons. The van der Waals surface area contributed by atoms with Crippen molar-refractivity contribution >= 4 is 16.7 Å². The van der Waals surface area contributed by atoms with Gasteiger partial charge in [0, 0.05) is 6.42 Å². The molecule has 0 amide bonds. The molecule has 4 nitrogen and oxygen atoms in total. The zero-order chi connectivity index (χ0) is 13.7. The van der Waals surface area contributed by atoms with Crippen molar-refractivity contribution in [2.45, 2.75) is 12.5 Å². The molecule has 19 heavy (non-hydrogen) atoms. The minimum Gasteiger partial charge on any atom is -0.479 e. The van der Waals surface area contributed by atoms with Gasteiger partial charge in [-0.05, 0) is 36.5 Å². The van der Waals surface area contributed by atoms with Crippen LogP contribution < -0.4 is 10.1 Å². The zero-order valence-electron chi connectivity index (χ0n) is 10.8. The van der Waals surface area contributed by atoms with E-state index in [9.17, 15) is 4.79 Å². The second-order valence-corrected chi connectivity index (χ2v) is 4.35. The van der Waals surface area contributed by atoms with Gasteiger partial charge >= 0.3 is 5.97 Å². The first-order valence-corrected chi connectivity index (χ1v) is 6.23. The summed E-state index contributed by atoms with van der Waals surface area (Å²) >= 11 is 0. The van der Waals surface area contributed by atoms with Gasteiger partial charge in [0.15, 0.2) is 6.10 Å². The molecule has 1 atom stereocenters. The van der Waals surface area contributed by atoms with Crippen LogP contribution in [0.1, 0.15) is 6.42 Å². The highest BCUT2D eigenvalue weighted by Crippen LogP contribution is 2.21. The number of carbonyl (C=O) groups is 1. The van der Waals surface area contributed by atoms with Crippen molar-refractivity contribution in [3.8, 4) is 5.75 Å². The van der Waals surface area contributed by atoms with Gasteiger partial charge in [0.2, 0.25) is 0 Å². The number of hydrogen-bond acceptors (Lipinski definition) is 3. The molecule has 4 heteroatoms. The van der Waals surface area contributed by atoms with Crippen LogP contribution in [0.3, 0.4) is 0 Å². The van der Waals surface area contributed by atoms with Gasteiger partial charge < -0.3 is 15.2 Å². The highest BCUT2D eigenvalue weighted by Gasteiger charge is 2.18. The molecule has 0 heterocycles. The highest BCUT2D eigenvalue weighted by atomic mass is 16.5. The Morgan fingerprint density at radius 2 is 2.00 bits per heavy atom. The SMILES string of the molecule is CNCCC(Oc1ccc2ccccc2c1)C(=O)O. The summed E-state index contributed by atoms with van der Waals surface area (Å²) in [7, 11) is 1.79. The smallest absolute Gasteiger partial charge is 0.344 e. The van der Waals surface area contributed by atoms with Crippen LogP contribution in [0.4, 0.5) is 0 Å². The van der Waals surface area contributed by atoms with Crippen LogP contribution in [-0.4, -0.2) is 30.8 Å². The summed E-state index contributed by atoms with van der Waals surface area (Å²) in [5, 5.41) is 14.2. The van der Waals surface area contributed by atoms with Gasteiger partial charge in [0.25, 0.3) is 0 Å². The van der Waals surface area contributed by atoms with Gasteiger partial charge in [-0.3, -0.25) is 0 Å². The molecule has 0 bridgehead atoms. The number of ether oxygens (including phenoxy) is 1. The third-order valence-corrected chi connectivity index (χ3v) is 2.93. The van der Waals surface area contributed by atoms with E-state index in [4.69, 9.17) is 9.84 Å². The fourth-order valence-electron chi connectivity index (χ4n) is 1.91. The molecule has 0 aromatic heterocycles. The topological polar surface area (TPSA) is 58.6 Å². The number of carboxylic acids is 1. The Hall–Kier alpha value is -2.07. The number of rotatable bonds is 6. The normalized spacial score (nSPS) is 12.3. The third-order valence-electron chi connectivity index (χ3n) is 2.93. The first-order chi connectivity index (χ1) is 9.20. The molecule has 0 radical (unpaired) electrons. The maximum atomic E-state index is 11.1. The molecular weight excluding hydrogens is 242 g/mol. The number of benzene rings is 2. The Bertz CT molecular complexity index is 568. The molecule has 0 aliphatic carbocycles. The lowest BCUT2D eigenvalue weighted by molar-refractivity contribution is -0.145. The van der Waals surface area contributed by atoms with E-state index >= 15 is 0 Å². The Morgan fingerprint density at radius 1 is 1.26 bits per heavy atom. The lowest BCUT2D eigenvalue weighted by Gasteiger charge is -2.15. The van der Waals surface area contributed by atoms with Gasteiger partial charge in [-0.25, -0.2) is 4.79 Å². The molecule has 0 fully saturated rings. The van der Waals surface area contributed by atoms with Crippen LogP contribution in [0.25, 0.3) is 10.8 Å². The van der Waals surface area contributed by atoms with Crippen molar-refractivity contribution in [3.63, 3.8) is 0 Å². The standard InChI is InChI=1S/C15H17NO3/c1-16-9-8-14(15(17)18)19-13-7-6-11-4-2-3-5-12(11)10-13/h2-7,10,14,16H,8-9H2,1H3,(H,17,18). The van der Waals surface area contributed by atoms with E-state index in [1.165, 1.54) is 0 Å². The van der Waals surface area contributed by atoms with E-state index in [0.29, 0.717) is 18.7 Å². The summed E-state index contributed by atoms with van der Waals surface area (Å²) in [4.78, 5) is 11.1. The van der Waals surface area contributed by atoms with Crippen LogP contribution >= 0.6 is 0 Å². The number of hydrogen-bond donors (Lipinski definition) is 2. The number of nitrogens with one attached hydrogen (secondary N) is 1. The van der Waals surface area contributed by atoms with Crippen LogP contribution in [0, 0.1) is 0 Å². The molecular formula is C15H17NO3. The first-order valence-electron chi connectivity index (χ1n) is 6.23. The van der Waals surface area contributed by atoms with E-state index in [1.54, 1.807) is 13.1 Å². The quantitative estimate of drug-likeness (QED) is 0.835. The number of fused-ring (bicyclic) bond motifs is 1. The largest absolute Gasteiger partial charge is 0.479 e. The minimum absolute atomic E-state index is 0.429. The maximum Gasteiger partial charge on any atom is 0.344 e. The summed E-state index contributed by atoms with van der Waals surface area (Å²) in [6.07, 6.45) is -0.396. The predicted molar refractivity (Wildman–Crippen MR) is 74.5 cm³/mol. The summed E-state index contributed by atoms with van der Waals surface area (Å²) < 4.78 is 5.55. The van der Waals surface area contributed by atoms with Gasteiger partial charge in [-0.1, -0.05) is 30.3 Å². The number of aliphatic carboxylic acids is 1. The Morgan fingerprint density at radius 3 is 2.68 bits per heavy atom. The Kier molecular flexibility index (Phi) is 4.36. The summed E-state index contributed by atoms with van der Waals surface area (Å²) in [6, 6.07) is 13.5. The predicted octanol–water partition coefficient (Wildman–Crippen LogP) is 2.28. The monoisotopic (exact) mass is 259 g/mol. The van der Waals surface area contributed by atoms with Crippen LogP contribution in [0.5, 0.6) is 5.75 Å². The lowest BCUT2D eigenvalue weighted by atomic mass is 10.1. The van der Waals surface area contributed by atoms with Gasteiger partial charge in [-0.2, -0.15) is 0 Å². The second kappa shape index (κ2) is 6.20. The summed E-state index contributed by atoms with van der Waals surface area (Å²) in [5.74, 6) is -0.356. The lowest BCUT2D eigenvalue weighted by Crippen LogP contribution is -2.30. The van der Waals surface area contributed by atoms with Gasteiger partial charge in [0.1, 0.15) is 5.75 Å². The summed E-state index contributed by atoms with van der Waals surface area (Å²) in [5.41, 5.74) is 0. The molecule has 0 aliphatic rings. The Labute approximate surface area is 112 Å². The van der Waals surface area contributed by atoms with Crippen molar-refractivity contribution in [2.24, 2.45) is 0 Å². The zero-order valence-corrected chi connectivity index (χ0v) is 10.8. The van der Waals surface area contributed by atoms with Crippen molar-refractivity contribution in [2.75, 3.05) is 13.6 Å². The molecule has 2 aromatic carbocycles. The van der Waals surface area contributed by atoms with Crippen molar-refractivity contribution < 1.29 is 14.6 Å². The molecule has 1 unspecified atom stereocenters. The molecule has 2 aromatic rings. The first kappa shape index (κ1) is 13.4. The molecule has 2 rings (SSSR count). The molecule has 2 N–H and O–H groups in total. The number of carboxylic acid groups (broad SMARTS) is 1. The molecule has 0 saturated carbocycles. The third kappa shape index (κ3) is 3.45. The average Bonchev–Trinajstić information content (AvgIpc) is 2.43. The molecule has 0 aliphatic heterocycles. The minimum atomic E-state index is -0.941. The van der Waals surface area contributed by atoms with Crippen LogP contribution in [0.15, 0.2) is 42.5 Å². The van der Waals surface area contributed by atoms with E-state index in [2.05, 4.69) is 5.32 Å². The fourth-order valence-corrected chi connectivity index (χ4v) is 1.91. The van der Waals surface area contributed by atoms with Crippen molar-refractivity contribution in [3.05, 3.63) is 42.5 Å².